The van der Waals surface area contributed by atoms with Crippen LogP contribution in [0.1, 0.15) is 0 Å². The number of hydrogen-bond acceptors (Lipinski definition) is 1. The summed E-state index contributed by atoms with van der Waals surface area (Å²) in [6.45, 7) is 2.09. The average molecular weight is 195 g/mol. The summed E-state index contributed by atoms with van der Waals surface area (Å²) in [5, 5.41) is 0. The van der Waals surface area contributed by atoms with Crippen molar-refractivity contribution in [1.29, 1.82) is 0 Å². The van der Waals surface area contributed by atoms with Crippen molar-refractivity contribution in [2.24, 2.45) is 5.64 Å². The molecule has 2 rings (SSSR count). The van der Waals surface area contributed by atoms with E-state index in [1.165, 1.54) is 16.6 Å². The summed E-state index contributed by atoms with van der Waals surface area (Å²) >= 11 is 0. The van der Waals surface area contributed by atoms with Crippen molar-refractivity contribution in [2.45, 2.75) is 6.82 Å². The molecule has 0 atom stereocenters. The molecule has 0 spiro atoms. The van der Waals surface area contributed by atoms with E-state index >= 15 is 0 Å². The minimum atomic E-state index is 0.0707. The van der Waals surface area contributed by atoms with Gasteiger partial charge in [-0.05, 0) is 11.1 Å². The van der Waals surface area contributed by atoms with Gasteiger partial charge in [0.1, 0.15) is 0 Å². The Morgan fingerprint density at radius 1 is 0.867 bits per heavy atom. The van der Waals surface area contributed by atoms with Crippen LogP contribution < -0.4 is 11.1 Å². The van der Waals surface area contributed by atoms with Crippen LogP contribution >= 0.6 is 0 Å². The summed E-state index contributed by atoms with van der Waals surface area (Å²) in [6.07, 6.45) is 0. The van der Waals surface area contributed by atoms with Gasteiger partial charge in [-0.25, -0.2) is 0 Å². The smallest absolute Gasteiger partial charge is 0.249 e. The van der Waals surface area contributed by atoms with Gasteiger partial charge in [0, 0.05) is 0 Å². The summed E-state index contributed by atoms with van der Waals surface area (Å²) in [7, 11) is 0. The molecule has 0 fully saturated rings. The van der Waals surface area contributed by atoms with Gasteiger partial charge in [0.25, 0.3) is 0 Å². The molecule has 0 heterocycles. The van der Waals surface area contributed by atoms with Gasteiger partial charge >= 0.3 is 0 Å². The van der Waals surface area contributed by atoms with E-state index < -0.39 is 0 Å². The standard InChI is InChI=1S/C13H14BN/c1-14(15)13-10-6-5-9-12(13)11-7-3-2-4-8-11/h2-10H,15H2,1H3. The zero-order valence-corrected chi connectivity index (χ0v) is 8.85. The second kappa shape index (κ2) is 4.32. The van der Waals surface area contributed by atoms with Crippen LogP contribution in [0.15, 0.2) is 54.6 Å². The maximum atomic E-state index is 5.95. The van der Waals surface area contributed by atoms with Crippen LogP contribution in [0.2, 0.25) is 6.82 Å². The number of benzene rings is 2. The summed E-state index contributed by atoms with van der Waals surface area (Å²) in [4.78, 5) is 0. The summed E-state index contributed by atoms with van der Waals surface area (Å²) in [6, 6.07) is 18.6. The van der Waals surface area contributed by atoms with Crippen LogP contribution in [-0.4, -0.2) is 6.85 Å². The molecule has 0 unspecified atom stereocenters. The Balaban J connectivity index is 2.53. The van der Waals surface area contributed by atoms with Crippen LogP contribution in [0.3, 0.4) is 0 Å². The maximum absolute atomic E-state index is 5.95. The highest BCUT2D eigenvalue weighted by Gasteiger charge is 2.09. The second-order valence-corrected chi connectivity index (χ2v) is 3.74. The quantitative estimate of drug-likeness (QED) is 0.730. The predicted octanol–water partition coefficient (Wildman–Crippen LogP) is 2.14. The van der Waals surface area contributed by atoms with E-state index in [2.05, 4.69) is 24.3 Å². The van der Waals surface area contributed by atoms with Crippen molar-refractivity contribution in [2.75, 3.05) is 0 Å². The molecule has 2 aromatic rings. The molecule has 0 saturated carbocycles. The molecular weight excluding hydrogens is 181 g/mol. The Labute approximate surface area is 91.0 Å². The van der Waals surface area contributed by atoms with E-state index in [-0.39, 0.29) is 6.85 Å². The van der Waals surface area contributed by atoms with Crippen molar-refractivity contribution in [1.82, 2.24) is 0 Å². The second-order valence-electron chi connectivity index (χ2n) is 3.74. The van der Waals surface area contributed by atoms with Crippen molar-refractivity contribution in [3.05, 3.63) is 54.6 Å². The third-order valence-electron chi connectivity index (χ3n) is 2.54. The van der Waals surface area contributed by atoms with Gasteiger partial charge in [0.2, 0.25) is 6.85 Å². The fraction of sp³-hybridized carbons (Fsp3) is 0.0769. The molecule has 0 saturated heterocycles. The highest BCUT2D eigenvalue weighted by molar-refractivity contribution is 6.70. The molecule has 0 aliphatic rings. The molecule has 0 aliphatic heterocycles. The molecule has 0 bridgehead atoms. The highest BCUT2D eigenvalue weighted by atomic mass is 14.4. The normalized spacial score (nSPS) is 10.0. The van der Waals surface area contributed by atoms with Gasteiger partial charge in [-0.1, -0.05) is 66.9 Å². The Bertz CT molecular complexity index is 437. The average Bonchev–Trinajstić information content (AvgIpc) is 2.30. The van der Waals surface area contributed by atoms with Crippen LogP contribution in [0, 0.1) is 0 Å². The molecule has 0 amide bonds. The lowest BCUT2D eigenvalue weighted by atomic mass is 9.58. The molecule has 2 heteroatoms. The Kier molecular flexibility index (Phi) is 2.88. The largest absolute Gasteiger partial charge is 0.366 e. The van der Waals surface area contributed by atoms with Crippen LogP contribution in [0.5, 0.6) is 0 Å². The van der Waals surface area contributed by atoms with E-state index in [4.69, 9.17) is 5.64 Å². The van der Waals surface area contributed by atoms with Gasteiger partial charge < -0.3 is 5.64 Å². The maximum Gasteiger partial charge on any atom is 0.249 e. The first-order valence-corrected chi connectivity index (χ1v) is 5.19. The zero-order chi connectivity index (χ0) is 10.7. The molecule has 0 aromatic heterocycles. The number of rotatable bonds is 2. The van der Waals surface area contributed by atoms with Crippen LogP contribution in [0.25, 0.3) is 11.1 Å². The van der Waals surface area contributed by atoms with Crippen molar-refractivity contribution >= 4 is 12.3 Å². The number of hydrogen-bond donors (Lipinski definition) is 1. The molecule has 15 heavy (non-hydrogen) atoms. The lowest BCUT2D eigenvalue weighted by Gasteiger charge is -2.10. The number of nitrogens with two attached hydrogens (primary N) is 1. The molecular formula is C13H14BN. The van der Waals surface area contributed by atoms with E-state index in [0.717, 1.165) is 0 Å². The predicted molar refractivity (Wildman–Crippen MR) is 67.3 cm³/mol. The van der Waals surface area contributed by atoms with Gasteiger partial charge in [-0.15, -0.1) is 0 Å². The Morgan fingerprint density at radius 3 is 2.13 bits per heavy atom. The molecule has 0 radical (unpaired) electrons. The van der Waals surface area contributed by atoms with Gasteiger partial charge in [0.05, 0.1) is 0 Å². The fourth-order valence-corrected chi connectivity index (χ4v) is 1.77. The minimum Gasteiger partial charge on any atom is -0.366 e. The SMILES string of the molecule is CB(N)c1ccccc1-c1ccccc1. The summed E-state index contributed by atoms with van der Waals surface area (Å²) < 4.78 is 0. The molecule has 1 nitrogen and oxygen atoms in total. The third kappa shape index (κ3) is 2.11. The van der Waals surface area contributed by atoms with E-state index in [9.17, 15) is 0 Å². The van der Waals surface area contributed by atoms with Crippen molar-refractivity contribution in [3.63, 3.8) is 0 Å². The van der Waals surface area contributed by atoms with Gasteiger partial charge in [-0.3, -0.25) is 0 Å². The fourth-order valence-electron chi connectivity index (χ4n) is 1.77. The molecule has 0 aliphatic carbocycles. The van der Waals surface area contributed by atoms with Crippen molar-refractivity contribution in [3.8, 4) is 11.1 Å². The Morgan fingerprint density at radius 2 is 1.47 bits per heavy atom. The van der Waals surface area contributed by atoms with Crippen LogP contribution in [-0.2, 0) is 0 Å². The molecule has 2 aromatic carbocycles. The van der Waals surface area contributed by atoms with Crippen molar-refractivity contribution < 1.29 is 0 Å². The zero-order valence-electron chi connectivity index (χ0n) is 8.85. The van der Waals surface area contributed by atoms with Gasteiger partial charge in [0.15, 0.2) is 0 Å². The molecule has 2 N–H and O–H groups in total. The Hall–Kier alpha value is -1.54. The van der Waals surface area contributed by atoms with E-state index in [1.54, 1.807) is 0 Å². The topological polar surface area (TPSA) is 26.0 Å². The van der Waals surface area contributed by atoms with E-state index in [0.29, 0.717) is 0 Å². The summed E-state index contributed by atoms with van der Waals surface area (Å²) in [5.41, 5.74) is 9.61. The van der Waals surface area contributed by atoms with Crippen LogP contribution in [0.4, 0.5) is 0 Å². The third-order valence-corrected chi connectivity index (χ3v) is 2.54. The molecule has 74 valence electrons. The first-order chi connectivity index (χ1) is 7.29. The lowest BCUT2D eigenvalue weighted by molar-refractivity contribution is 1.63. The van der Waals surface area contributed by atoms with Gasteiger partial charge in [-0.2, -0.15) is 0 Å². The lowest BCUT2D eigenvalue weighted by Crippen LogP contribution is -2.37. The van der Waals surface area contributed by atoms with E-state index in [1.807, 2.05) is 37.2 Å². The first-order valence-electron chi connectivity index (χ1n) is 5.19. The minimum absolute atomic E-state index is 0.0707. The summed E-state index contributed by atoms with van der Waals surface area (Å²) in [5.74, 6) is 0. The monoisotopic (exact) mass is 195 g/mol. The first kappa shape index (κ1) is 10.00. The highest BCUT2D eigenvalue weighted by Crippen LogP contribution is 2.16.